The Morgan fingerprint density at radius 1 is 1.20 bits per heavy atom. The number of hydrogen-bond acceptors (Lipinski definition) is 3. The monoisotopic (exact) mass is 480 g/mol. The molecule has 0 unspecified atom stereocenters. The lowest BCUT2D eigenvalue weighted by atomic mass is 9.85. The molecule has 0 bridgehead atoms. The summed E-state index contributed by atoms with van der Waals surface area (Å²) >= 11 is 5.98. The summed E-state index contributed by atoms with van der Waals surface area (Å²) in [6, 6.07) is 8.04. The molecule has 1 aromatic rings. The summed E-state index contributed by atoms with van der Waals surface area (Å²) in [5.74, 6) is 0.838. The minimum atomic E-state index is -0.00752. The molecule has 0 radical (unpaired) electrons. The van der Waals surface area contributed by atoms with Crippen LogP contribution in [0, 0.1) is 0 Å². The standard InChI is InChI=1S/C18H29ClN4O.HI/c1-18(2,15-4-6-16(19)7-5-15)14-22-17(20-3)21-8-9-23-10-12-24-13-11-23;/h4-7H,8-14H2,1-3H3,(H2,20,21,22);1H. The van der Waals surface area contributed by atoms with E-state index in [9.17, 15) is 0 Å². The highest BCUT2D eigenvalue weighted by Gasteiger charge is 2.21. The number of nitrogens with one attached hydrogen (secondary N) is 2. The molecule has 0 atom stereocenters. The van der Waals surface area contributed by atoms with Gasteiger partial charge in [0.15, 0.2) is 5.96 Å². The minimum Gasteiger partial charge on any atom is -0.379 e. The van der Waals surface area contributed by atoms with Crippen LogP contribution in [0.3, 0.4) is 0 Å². The first-order valence-electron chi connectivity index (χ1n) is 8.52. The second-order valence-corrected chi connectivity index (χ2v) is 7.13. The van der Waals surface area contributed by atoms with Gasteiger partial charge in [-0.05, 0) is 17.7 Å². The van der Waals surface area contributed by atoms with E-state index in [1.165, 1.54) is 5.56 Å². The van der Waals surface area contributed by atoms with E-state index in [0.29, 0.717) is 0 Å². The van der Waals surface area contributed by atoms with Gasteiger partial charge in [0.25, 0.3) is 0 Å². The van der Waals surface area contributed by atoms with Crippen molar-refractivity contribution in [2.24, 2.45) is 4.99 Å². The molecular weight excluding hydrogens is 451 g/mol. The van der Waals surface area contributed by atoms with Gasteiger partial charge in [-0.1, -0.05) is 37.6 Å². The van der Waals surface area contributed by atoms with Gasteiger partial charge in [-0.15, -0.1) is 24.0 Å². The van der Waals surface area contributed by atoms with E-state index in [-0.39, 0.29) is 29.4 Å². The SMILES string of the molecule is CN=C(NCCN1CCOCC1)NCC(C)(C)c1ccc(Cl)cc1.I. The second kappa shape index (κ2) is 11.2. The number of ether oxygens (including phenoxy) is 1. The molecule has 25 heavy (non-hydrogen) atoms. The third-order valence-electron chi connectivity index (χ3n) is 4.37. The fourth-order valence-electron chi connectivity index (χ4n) is 2.69. The highest BCUT2D eigenvalue weighted by Crippen LogP contribution is 2.23. The average Bonchev–Trinajstić information content (AvgIpc) is 2.59. The van der Waals surface area contributed by atoms with E-state index < -0.39 is 0 Å². The summed E-state index contributed by atoms with van der Waals surface area (Å²) in [6.45, 7) is 10.8. The van der Waals surface area contributed by atoms with Gasteiger partial charge in [0.05, 0.1) is 13.2 Å². The molecular formula is C18H30ClIN4O. The summed E-state index contributed by atoms with van der Waals surface area (Å²) in [5, 5.41) is 7.58. The van der Waals surface area contributed by atoms with E-state index >= 15 is 0 Å². The van der Waals surface area contributed by atoms with Crippen LogP contribution in [0.5, 0.6) is 0 Å². The van der Waals surface area contributed by atoms with Crippen molar-refractivity contribution in [2.45, 2.75) is 19.3 Å². The normalized spacial score (nSPS) is 16.2. The summed E-state index contributed by atoms with van der Waals surface area (Å²) in [5.41, 5.74) is 1.25. The van der Waals surface area contributed by atoms with Crippen LogP contribution in [0.15, 0.2) is 29.3 Å². The van der Waals surface area contributed by atoms with Crippen molar-refractivity contribution >= 4 is 41.5 Å². The second-order valence-electron chi connectivity index (χ2n) is 6.70. The summed E-state index contributed by atoms with van der Waals surface area (Å²) in [4.78, 5) is 6.72. The highest BCUT2D eigenvalue weighted by molar-refractivity contribution is 14.0. The molecule has 0 aromatic heterocycles. The lowest BCUT2D eigenvalue weighted by molar-refractivity contribution is 0.0389. The fraction of sp³-hybridized carbons (Fsp3) is 0.611. The minimum absolute atomic E-state index is 0. The largest absolute Gasteiger partial charge is 0.379 e. The summed E-state index contributed by atoms with van der Waals surface area (Å²) in [6.07, 6.45) is 0. The lowest BCUT2D eigenvalue weighted by Crippen LogP contribution is -2.46. The van der Waals surface area contributed by atoms with Gasteiger partial charge < -0.3 is 15.4 Å². The van der Waals surface area contributed by atoms with Gasteiger partial charge in [0, 0.05) is 50.2 Å². The maximum absolute atomic E-state index is 5.98. The Morgan fingerprint density at radius 3 is 2.44 bits per heavy atom. The third kappa shape index (κ3) is 7.68. The van der Waals surface area contributed by atoms with E-state index in [0.717, 1.165) is 56.9 Å². The van der Waals surface area contributed by atoms with Crippen LogP contribution in [0.4, 0.5) is 0 Å². The van der Waals surface area contributed by atoms with Gasteiger partial charge >= 0.3 is 0 Å². The van der Waals surface area contributed by atoms with Crippen molar-refractivity contribution < 1.29 is 4.74 Å². The van der Waals surface area contributed by atoms with E-state index in [4.69, 9.17) is 16.3 Å². The first-order chi connectivity index (χ1) is 11.5. The molecule has 2 N–H and O–H groups in total. The van der Waals surface area contributed by atoms with Crippen LogP contribution < -0.4 is 10.6 Å². The molecule has 0 amide bonds. The Morgan fingerprint density at radius 2 is 1.84 bits per heavy atom. The molecule has 0 spiro atoms. The van der Waals surface area contributed by atoms with Gasteiger partial charge in [-0.25, -0.2) is 0 Å². The first kappa shape index (κ1) is 22.5. The van der Waals surface area contributed by atoms with Crippen molar-refractivity contribution in [1.82, 2.24) is 15.5 Å². The van der Waals surface area contributed by atoms with E-state index in [2.05, 4.69) is 46.5 Å². The maximum Gasteiger partial charge on any atom is 0.191 e. The molecule has 7 heteroatoms. The smallest absolute Gasteiger partial charge is 0.191 e. The van der Waals surface area contributed by atoms with Crippen molar-refractivity contribution in [3.8, 4) is 0 Å². The Hall–Kier alpha value is -0.570. The quantitative estimate of drug-likeness (QED) is 0.373. The molecule has 1 saturated heterocycles. The Bertz CT molecular complexity index is 530. The topological polar surface area (TPSA) is 48.9 Å². The molecule has 5 nitrogen and oxygen atoms in total. The van der Waals surface area contributed by atoms with Crippen molar-refractivity contribution in [3.63, 3.8) is 0 Å². The zero-order valence-corrected chi connectivity index (χ0v) is 18.4. The Kier molecular flexibility index (Phi) is 10.1. The van der Waals surface area contributed by atoms with Crippen LogP contribution in [-0.2, 0) is 10.2 Å². The van der Waals surface area contributed by atoms with Crippen LogP contribution in [0.25, 0.3) is 0 Å². The number of aliphatic imine (C=N–C) groups is 1. The number of morpholine rings is 1. The molecule has 1 aromatic carbocycles. The molecule has 1 aliphatic rings. The summed E-state index contributed by atoms with van der Waals surface area (Å²) < 4.78 is 5.37. The molecule has 1 heterocycles. The Balaban J connectivity index is 0.00000312. The van der Waals surface area contributed by atoms with Gasteiger partial charge in [-0.2, -0.15) is 0 Å². The average molecular weight is 481 g/mol. The van der Waals surface area contributed by atoms with E-state index in [1.807, 2.05) is 12.1 Å². The highest BCUT2D eigenvalue weighted by atomic mass is 127. The molecule has 1 fully saturated rings. The molecule has 0 saturated carbocycles. The third-order valence-corrected chi connectivity index (χ3v) is 4.62. The lowest BCUT2D eigenvalue weighted by Gasteiger charge is -2.28. The van der Waals surface area contributed by atoms with Crippen LogP contribution >= 0.6 is 35.6 Å². The molecule has 0 aliphatic carbocycles. The zero-order chi connectivity index (χ0) is 17.4. The number of halogens is 2. The number of rotatable bonds is 6. The van der Waals surface area contributed by atoms with Gasteiger partial charge in [0.1, 0.15) is 0 Å². The van der Waals surface area contributed by atoms with Gasteiger partial charge in [-0.3, -0.25) is 9.89 Å². The predicted molar refractivity (Wildman–Crippen MR) is 117 cm³/mol. The van der Waals surface area contributed by atoms with Crippen molar-refractivity contribution in [1.29, 1.82) is 0 Å². The first-order valence-corrected chi connectivity index (χ1v) is 8.90. The zero-order valence-electron chi connectivity index (χ0n) is 15.3. The van der Waals surface area contributed by atoms with Crippen molar-refractivity contribution in [3.05, 3.63) is 34.9 Å². The van der Waals surface area contributed by atoms with E-state index in [1.54, 1.807) is 7.05 Å². The molecule has 1 aliphatic heterocycles. The molecule has 142 valence electrons. The van der Waals surface area contributed by atoms with Crippen LogP contribution in [-0.4, -0.2) is 63.8 Å². The maximum atomic E-state index is 5.98. The Labute approximate surface area is 173 Å². The fourth-order valence-corrected chi connectivity index (χ4v) is 2.81. The number of hydrogen-bond donors (Lipinski definition) is 2. The van der Waals surface area contributed by atoms with Gasteiger partial charge in [0.2, 0.25) is 0 Å². The number of guanidine groups is 1. The summed E-state index contributed by atoms with van der Waals surface area (Å²) in [7, 11) is 1.80. The van der Waals surface area contributed by atoms with Crippen LogP contribution in [0.1, 0.15) is 19.4 Å². The molecule has 2 rings (SSSR count). The predicted octanol–water partition coefficient (Wildman–Crippen LogP) is 2.73. The number of benzene rings is 1. The van der Waals surface area contributed by atoms with Crippen molar-refractivity contribution in [2.75, 3.05) is 53.0 Å². The number of nitrogens with zero attached hydrogens (tertiary/aromatic N) is 2. The van der Waals surface area contributed by atoms with Crippen LogP contribution in [0.2, 0.25) is 5.02 Å².